The lowest BCUT2D eigenvalue weighted by molar-refractivity contribution is 0.117. The van der Waals surface area contributed by atoms with Crippen molar-refractivity contribution in [2.24, 2.45) is 7.05 Å². The van der Waals surface area contributed by atoms with Gasteiger partial charge < -0.3 is 9.67 Å². The summed E-state index contributed by atoms with van der Waals surface area (Å²) >= 11 is 12.3. The Balaban J connectivity index is 1.54. The van der Waals surface area contributed by atoms with E-state index in [0.29, 0.717) is 38.2 Å². The van der Waals surface area contributed by atoms with E-state index in [0.717, 1.165) is 16.5 Å². The van der Waals surface area contributed by atoms with E-state index in [9.17, 15) is 5.11 Å². The number of hydrogen-bond donors (Lipinski definition) is 1. The van der Waals surface area contributed by atoms with Gasteiger partial charge in [0, 0.05) is 34.2 Å². The second kappa shape index (κ2) is 8.16. The van der Waals surface area contributed by atoms with Gasteiger partial charge in [0.2, 0.25) is 0 Å². The van der Waals surface area contributed by atoms with Crippen molar-refractivity contribution in [3.8, 4) is 11.3 Å². The van der Waals surface area contributed by atoms with Crippen molar-refractivity contribution in [1.82, 2.24) is 29.4 Å². The van der Waals surface area contributed by atoms with Gasteiger partial charge >= 0.3 is 0 Å². The highest BCUT2D eigenvalue weighted by atomic mass is 35.5. The number of nitrogens with zero attached hydrogens (tertiary/aromatic N) is 6. The highest BCUT2D eigenvalue weighted by Gasteiger charge is 2.36. The Hall–Kier alpha value is -3.78. The molecule has 0 bridgehead atoms. The van der Waals surface area contributed by atoms with Crippen LogP contribution in [0.3, 0.4) is 0 Å². The van der Waals surface area contributed by atoms with Crippen LogP contribution in [0.4, 0.5) is 0 Å². The molecule has 0 amide bonds. The van der Waals surface area contributed by atoms with Gasteiger partial charge in [-0.2, -0.15) is 4.52 Å². The molecule has 9 heteroatoms. The topological polar surface area (TPSA) is 81.1 Å². The van der Waals surface area contributed by atoms with Gasteiger partial charge in [0.1, 0.15) is 5.69 Å². The standard InChI is InChI=1S/C26H18Cl2N6O/c1-33-15-29-14-23(33)26(35,18-5-8-20(27)9-6-18)19-7-10-22-17(11-19)13-30-25-24(31-32-34(22)25)16-3-2-4-21(28)12-16/h2-15,35H,1H3. The van der Waals surface area contributed by atoms with Crippen molar-refractivity contribution >= 4 is 39.8 Å². The molecule has 0 aliphatic rings. The maximum absolute atomic E-state index is 12.2. The molecule has 1 atom stereocenters. The van der Waals surface area contributed by atoms with E-state index in [2.05, 4.69) is 20.3 Å². The molecule has 172 valence electrons. The van der Waals surface area contributed by atoms with Gasteiger partial charge in [-0.1, -0.05) is 58.7 Å². The summed E-state index contributed by atoms with van der Waals surface area (Å²) in [7, 11) is 1.85. The fraction of sp³-hybridized carbons (Fsp3) is 0.0769. The average Bonchev–Trinajstić information content (AvgIpc) is 3.50. The maximum atomic E-state index is 12.2. The summed E-state index contributed by atoms with van der Waals surface area (Å²) in [6.07, 6.45) is 5.08. The molecule has 0 spiro atoms. The van der Waals surface area contributed by atoms with E-state index >= 15 is 0 Å². The molecule has 1 N–H and O–H groups in total. The maximum Gasteiger partial charge on any atom is 0.184 e. The van der Waals surface area contributed by atoms with Gasteiger partial charge in [-0.15, -0.1) is 5.10 Å². The smallest absolute Gasteiger partial charge is 0.184 e. The molecule has 7 nitrogen and oxygen atoms in total. The zero-order valence-corrected chi connectivity index (χ0v) is 20.0. The zero-order chi connectivity index (χ0) is 24.2. The molecule has 35 heavy (non-hydrogen) atoms. The Morgan fingerprint density at radius 1 is 0.886 bits per heavy atom. The minimum Gasteiger partial charge on any atom is -0.374 e. The van der Waals surface area contributed by atoms with Gasteiger partial charge in [0.25, 0.3) is 0 Å². The molecule has 3 aromatic carbocycles. The lowest BCUT2D eigenvalue weighted by Crippen LogP contribution is -2.31. The Bertz CT molecular complexity index is 1710. The Morgan fingerprint density at radius 3 is 2.43 bits per heavy atom. The zero-order valence-electron chi connectivity index (χ0n) is 18.5. The first-order valence-corrected chi connectivity index (χ1v) is 11.6. The van der Waals surface area contributed by atoms with Crippen LogP contribution in [-0.4, -0.2) is 34.5 Å². The Morgan fingerprint density at radius 2 is 1.69 bits per heavy atom. The molecule has 6 aromatic rings. The number of benzene rings is 3. The fourth-order valence-corrected chi connectivity index (χ4v) is 4.76. The highest BCUT2D eigenvalue weighted by molar-refractivity contribution is 6.31. The van der Waals surface area contributed by atoms with Crippen LogP contribution < -0.4 is 0 Å². The van der Waals surface area contributed by atoms with Crippen molar-refractivity contribution in [1.29, 1.82) is 0 Å². The minimum atomic E-state index is -1.46. The molecule has 3 heterocycles. The predicted octanol–water partition coefficient (Wildman–Crippen LogP) is 5.27. The van der Waals surface area contributed by atoms with Gasteiger partial charge in [-0.25, -0.2) is 9.97 Å². The quantitative estimate of drug-likeness (QED) is 0.356. The van der Waals surface area contributed by atoms with Crippen LogP contribution in [0.1, 0.15) is 16.8 Å². The second-order valence-electron chi connectivity index (χ2n) is 8.32. The Kier molecular flexibility index (Phi) is 5.07. The molecule has 0 fully saturated rings. The molecular formula is C26H18Cl2N6O. The Labute approximate surface area is 210 Å². The van der Waals surface area contributed by atoms with Crippen LogP contribution in [0.2, 0.25) is 10.0 Å². The third-order valence-corrected chi connectivity index (χ3v) is 6.68. The minimum absolute atomic E-state index is 0.591. The van der Waals surface area contributed by atoms with Gasteiger partial charge in [-0.3, -0.25) is 0 Å². The van der Waals surface area contributed by atoms with Crippen LogP contribution >= 0.6 is 23.2 Å². The number of halogens is 2. The lowest BCUT2D eigenvalue weighted by atomic mass is 9.83. The summed E-state index contributed by atoms with van der Waals surface area (Å²) < 4.78 is 3.50. The first kappa shape index (κ1) is 21.7. The number of fused-ring (bicyclic) bond motifs is 3. The molecule has 0 radical (unpaired) electrons. The highest BCUT2D eigenvalue weighted by Crippen LogP contribution is 2.38. The lowest BCUT2D eigenvalue weighted by Gasteiger charge is -2.30. The van der Waals surface area contributed by atoms with Crippen molar-refractivity contribution in [2.75, 3.05) is 0 Å². The largest absolute Gasteiger partial charge is 0.374 e. The molecule has 0 aliphatic heterocycles. The average molecular weight is 501 g/mol. The van der Waals surface area contributed by atoms with Crippen molar-refractivity contribution in [2.45, 2.75) is 5.60 Å². The van der Waals surface area contributed by atoms with Crippen LogP contribution in [0.15, 0.2) is 85.5 Å². The second-order valence-corrected chi connectivity index (χ2v) is 9.20. The summed E-state index contributed by atoms with van der Waals surface area (Å²) in [5, 5.41) is 22.9. The molecule has 0 saturated heterocycles. The summed E-state index contributed by atoms with van der Waals surface area (Å²) in [6.45, 7) is 0. The summed E-state index contributed by atoms with van der Waals surface area (Å²) in [5.41, 5.74) is 3.39. The summed E-state index contributed by atoms with van der Waals surface area (Å²) in [4.78, 5) is 8.87. The van der Waals surface area contributed by atoms with Crippen molar-refractivity contribution in [3.05, 3.63) is 112 Å². The molecule has 0 aliphatic carbocycles. The van der Waals surface area contributed by atoms with E-state index in [1.54, 1.807) is 39.9 Å². The van der Waals surface area contributed by atoms with E-state index in [1.807, 2.05) is 61.6 Å². The first-order valence-electron chi connectivity index (χ1n) is 10.8. The van der Waals surface area contributed by atoms with Crippen LogP contribution in [0, 0.1) is 0 Å². The number of aromatic nitrogens is 6. The van der Waals surface area contributed by atoms with E-state index < -0.39 is 5.60 Å². The summed E-state index contributed by atoms with van der Waals surface area (Å²) in [6, 6.07) is 20.3. The molecule has 3 aromatic heterocycles. The third kappa shape index (κ3) is 3.47. The fourth-order valence-electron chi connectivity index (χ4n) is 4.44. The van der Waals surface area contributed by atoms with Gasteiger partial charge in [0.05, 0.1) is 23.7 Å². The van der Waals surface area contributed by atoms with Crippen LogP contribution in [0.25, 0.3) is 27.8 Å². The van der Waals surface area contributed by atoms with Crippen molar-refractivity contribution < 1.29 is 5.11 Å². The SMILES string of the molecule is Cn1cncc1C(O)(c1ccc(Cl)cc1)c1ccc2c(cnc3c(-c4cccc(Cl)c4)nnn32)c1. The number of imidazole rings is 1. The van der Waals surface area contributed by atoms with E-state index in [1.165, 1.54) is 0 Å². The van der Waals surface area contributed by atoms with Gasteiger partial charge in [-0.05, 0) is 47.5 Å². The number of hydrogen-bond acceptors (Lipinski definition) is 5. The molecular weight excluding hydrogens is 483 g/mol. The van der Waals surface area contributed by atoms with Crippen molar-refractivity contribution in [3.63, 3.8) is 0 Å². The number of aryl methyl sites for hydroxylation is 1. The van der Waals surface area contributed by atoms with E-state index in [4.69, 9.17) is 23.2 Å². The number of rotatable bonds is 4. The van der Waals surface area contributed by atoms with E-state index in [-0.39, 0.29) is 0 Å². The predicted molar refractivity (Wildman–Crippen MR) is 135 cm³/mol. The summed E-state index contributed by atoms with van der Waals surface area (Å²) in [5.74, 6) is 0. The van der Waals surface area contributed by atoms with Crippen LogP contribution in [0.5, 0.6) is 0 Å². The number of aliphatic hydroxyl groups is 1. The molecule has 6 rings (SSSR count). The third-order valence-electron chi connectivity index (χ3n) is 6.19. The van der Waals surface area contributed by atoms with Gasteiger partial charge in [0.15, 0.2) is 11.2 Å². The molecule has 1 unspecified atom stereocenters. The normalized spacial score (nSPS) is 13.4. The molecule has 0 saturated carbocycles. The van der Waals surface area contributed by atoms with Crippen LogP contribution in [-0.2, 0) is 12.6 Å². The monoisotopic (exact) mass is 500 g/mol. The first-order chi connectivity index (χ1) is 16.9.